The molecule has 35 heavy (non-hydrogen) atoms. The Bertz CT molecular complexity index is 988. The summed E-state index contributed by atoms with van der Waals surface area (Å²) in [6, 6.07) is 0. The Balaban J connectivity index is 0.00000342. The minimum Gasteiger partial charge on any atom is -0.550 e. The van der Waals surface area contributed by atoms with E-state index in [9.17, 15) is 34.5 Å². The van der Waals surface area contributed by atoms with E-state index in [2.05, 4.69) is 13.8 Å². The molecule has 0 amide bonds. The Morgan fingerprint density at radius 3 is 2.57 bits per heavy atom. The van der Waals surface area contributed by atoms with E-state index in [0.717, 1.165) is 12.0 Å². The number of esters is 1. The van der Waals surface area contributed by atoms with Crippen LogP contribution >= 0.6 is 0 Å². The van der Waals surface area contributed by atoms with E-state index in [-0.39, 0.29) is 71.9 Å². The number of fused-ring (bicyclic) bond motifs is 5. The van der Waals surface area contributed by atoms with Crippen molar-refractivity contribution in [1.82, 2.24) is 0 Å². The van der Waals surface area contributed by atoms with Gasteiger partial charge in [-0.3, -0.25) is 14.4 Å². The number of ether oxygens (including phenoxy) is 1. The molecule has 0 bridgehead atoms. The molecule has 3 fully saturated rings. The predicted molar refractivity (Wildman–Crippen MR) is 118 cm³/mol. The molecule has 0 spiro atoms. The Kier molecular flexibility index (Phi) is 7.96. The maximum atomic E-state index is 13.1. The molecule has 0 aromatic carbocycles. The van der Waals surface area contributed by atoms with Gasteiger partial charge < -0.3 is 24.9 Å². The summed E-state index contributed by atoms with van der Waals surface area (Å²) in [5, 5.41) is 33.6. The molecule has 3 saturated carbocycles. The second-order valence-electron chi connectivity index (χ2n) is 11.1. The summed E-state index contributed by atoms with van der Waals surface area (Å²) in [7, 11) is 0. The number of aliphatic hydroxyl groups is 2. The van der Waals surface area contributed by atoms with E-state index in [4.69, 9.17) is 4.74 Å². The number of carbonyl (C=O) groups excluding carboxylic acids is 4. The van der Waals surface area contributed by atoms with Crippen LogP contribution in [0.2, 0.25) is 0 Å². The number of hydrogen-bond donors (Lipinski definition) is 2. The Labute approximate surface area is 227 Å². The zero-order valence-electron chi connectivity index (χ0n) is 20.9. The third-order valence-corrected chi connectivity index (χ3v) is 9.33. The van der Waals surface area contributed by atoms with Crippen LogP contribution in [0.1, 0.15) is 59.3 Å². The van der Waals surface area contributed by atoms with Gasteiger partial charge in [-0.2, -0.15) is 0 Å². The van der Waals surface area contributed by atoms with E-state index in [1.54, 1.807) is 12.2 Å². The molecular formula is C26H33NaO8. The topological polar surface area (TPSA) is 141 Å². The number of aliphatic hydroxyl groups excluding tert-OH is 1. The molecule has 186 valence electrons. The molecule has 4 aliphatic rings. The minimum absolute atomic E-state index is 0. The third kappa shape index (κ3) is 4.50. The fraction of sp³-hybridized carbons (Fsp3) is 0.692. The van der Waals surface area contributed by atoms with Crippen LogP contribution in [0.3, 0.4) is 0 Å². The van der Waals surface area contributed by atoms with Crippen molar-refractivity contribution in [1.29, 1.82) is 0 Å². The summed E-state index contributed by atoms with van der Waals surface area (Å²) in [6.45, 7) is 5.36. The summed E-state index contributed by atoms with van der Waals surface area (Å²) in [5.41, 5.74) is -2.07. The summed E-state index contributed by atoms with van der Waals surface area (Å²) in [5.74, 6) is -2.85. The molecule has 9 heteroatoms. The SMILES string of the molecule is C[C@H]1CC2C([C@@H](O)C[C@@]3(C)C2CC[C@]3(O)C(=O)COC(=O)CCC(=O)[O-])[C@@]2(C)C=CC(=O)C=C12.[Na+]. The first kappa shape index (κ1) is 28.3. The molecule has 0 aromatic heterocycles. The van der Waals surface area contributed by atoms with E-state index in [1.165, 1.54) is 0 Å². The first-order valence-electron chi connectivity index (χ1n) is 12.1. The summed E-state index contributed by atoms with van der Waals surface area (Å²) >= 11 is 0. The van der Waals surface area contributed by atoms with Crippen LogP contribution in [-0.2, 0) is 23.9 Å². The first-order valence-corrected chi connectivity index (χ1v) is 12.1. The second kappa shape index (κ2) is 9.86. The largest absolute Gasteiger partial charge is 1.00 e. The quantitative estimate of drug-likeness (QED) is 0.314. The van der Waals surface area contributed by atoms with Gasteiger partial charge in [0.15, 0.2) is 12.4 Å². The van der Waals surface area contributed by atoms with Gasteiger partial charge in [0.05, 0.1) is 12.5 Å². The van der Waals surface area contributed by atoms with E-state index >= 15 is 0 Å². The fourth-order valence-corrected chi connectivity index (χ4v) is 7.75. The molecule has 4 aliphatic carbocycles. The summed E-state index contributed by atoms with van der Waals surface area (Å²) in [6.07, 6.45) is 5.30. The number of allylic oxidation sites excluding steroid dienone is 4. The van der Waals surface area contributed by atoms with Gasteiger partial charge in [-0.25, -0.2) is 0 Å². The van der Waals surface area contributed by atoms with Gasteiger partial charge in [-0.1, -0.05) is 32.4 Å². The van der Waals surface area contributed by atoms with Crippen LogP contribution in [0.5, 0.6) is 0 Å². The summed E-state index contributed by atoms with van der Waals surface area (Å²) < 4.78 is 4.95. The average Bonchev–Trinajstić information content (AvgIpc) is 3.03. The van der Waals surface area contributed by atoms with Crippen LogP contribution < -0.4 is 34.7 Å². The number of carboxylic acid groups (broad SMARTS) is 1. The molecule has 4 rings (SSSR count). The van der Waals surface area contributed by atoms with E-state index in [1.807, 2.05) is 13.0 Å². The van der Waals surface area contributed by atoms with Crippen LogP contribution in [-0.4, -0.2) is 52.0 Å². The van der Waals surface area contributed by atoms with Gasteiger partial charge in [-0.05, 0) is 62.0 Å². The molecule has 0 aromatic rings. The molecule has 2 N–H and O–H groups in total. The molecule has 0 saturated heterocycles. The molecule has 0 radical (unpaired) electrons. The van der Waals surface area contributed by atoms with Crippen molar-refractivity contribution < 1.29 is 68.8 Å². The Morgan fingerprint density at radius 2 is 1.91 bits per heavy atom. The van der Waals surface area contributed by atoms with Gasteiger partial charge >= 0.3 is 35.5 Å². The molecule has 8 nitrogen and oxygen atoms in total. The second-order valence-corrected chi connectivity index (χ2v) is 11.1. The predicted octanol–water partition coefficient (Wildman–Crippen LogP) is -2.11. The maximum absolute atomic E-state index is 13.1. The average molecular weight is 497 g/mol. The number of aliphatic carboxylic acids is 1. The van der Waals surface area contributed by atoms with Crippen molar-refractivity contribution in [3.63, 3.8) is 0 Å². The van der Waals surface area contributed by atoms with Gasteiger partial charge in [-0.15, -0.1) is 0 Å². The monoisotopic (exact) mass is 496 g/mol. The van der Waals surface area contributed by atoms with Gasteiger partial charge in [0.2, 0.25) is 5.78 Å². The maximum Gasteiger partial charge on any atom is 1.00 e. The van der Waals surface area contributed by atoms with Gasteiger partial charge in [0.1, 0.15) is 5.60 Å². The first-order chi connectivity index (χ1) is 15.8. The van der Waals surface area contributed by atoms with Crippen molar-refractivity contribution in [2.24, 2.45) is 34.5 Å². The number of ketones is 2. The number of hydrogen-bond acceptors (Lipinski definition) is 8. The Hall–Kier alpha value is -1.32. The van der Waals surface area contributed by atoms with Crippen LogP contribution in [0.25, 0.3) is 0 Å². The van der Waals surface area contributed by atoms with Crippen molar-refractivity contribution in [2.75, 3.05) is 6.61 Å². The molecule has 8 atom stereocenters. The Morgan fingerprint density at radius 1 is 1.23 bits per heavy atom. The minimum atomic E-state index is -1.75. The molecular weight excluding hydrogens is 463 g/mol. The van der Waals surface area contributed by atoms with Crippen molar-refractivity contribution in [3.8, 4) is 0 Å². The molecule has 3 unspecified atom stereocenters. The van der Waals surface area contributed by atoms with Crippen molar-refractivity contribution >= 4 is 23.5 Å². The van der Waals surface area contributed by atoms with Gasteiger partial charge in [0, 0.05) is 22.7 Å². The van der Waals surface area contributed by atoms with Crippen molar-refractivity contribution in [3.05, 3.63) is 23.8 Å². The zero-order valence-corrected chi connectivity index (χ0v) is 22.9. The summed E-state index contributed by atoms with van der Waals surface area (Å²) in [4.78, 5) is 47.5. The number of carbonyl (C=O) groups is 4. The van der Waals surface area contributed by atoms with Crippen LogP contribution in [0, 0.1) is 34.5 Å². The number of carboxylic acids is 1. The standard InChI is InChI=1S/C26H34O8.Na/c1-14-10-16-17-7-9-26(33,20(29)13-34-22(32)5-4-21(30)31)25(17,3)12-19(28)23(16)24(2)8-6-15(27)11-18(14)24;/h6,8,11,14,16-17,19,23,28,33H,4-5,7,9-10,12-13H2,1-3H3,(H,30,31);/q;+1/p-1/t14-,16?,17?,19-,23?,24-,25-,26-;/m0./s1. The zero-order chi connectivity index (χ0) is 25.1. The molecule has 0 heterocycles. The van der Waals surface area contributed by atoms with E-state index in [0.29, 0.717) is 6.42 Å². The smallest absolute Gasteiger partial charge is 0.550 e. The third-order valence-electron chi connectivity index (χ3n) is 9.33. The van der Waals surface area contributed by atoms with Gasteiger partial charge in [0.25, 0.3) is 0 Å². The fourth-order valence-electron chi connectivity index (χ4n) is 7.75. The van der Waals surface area contributed by atoms with E-state index < -0.39 is 59.7 Å². The number of rotatable bonds is 6. The van der Waals surface area contributed by atoms with Crippen LogP contribution in [0.15, 0.2) is 23.8 Å². The van der Waals surface area contributed by atoms with Crippen LogP contribution in [0.4, 0.5) is 0 Å². The van der Waals surface area contributed by atoms with Crippen molar-refractivity contribution in [2.45, 2.75) is 71.0 Å². The molecule has 0 aliphatic heterocycles. The number of Topliss-reactive ketones (excluding diaryl/α,β-unsaturated/α-hetero) is 1. The normalized spacial score (nSPS) is 41.6.